The van der Waals surface area contributed by atoms with E-state index in [2.05, 4.69) is 18.7 Å². The lowest BCUT2D eigenvalue weighted by atomic mass is 9.97. The summed E-state index contributed by atoms with van der Waals surface area (Å²) in [7, 11) is 0. The molecule has 1 aliphatic heterocycles. The molecule has 0 unspecified atom stereocenters. The van der Waals surface area contributed by atoms with Gasteiger partial charge in [-0.1, -0.05) is 6.42 Å². The molecule has 1 aliphatic rings. The van der Waals surface area contributed by atoms with Crippen LogP contribution >= 0.6 is 0 Å². The first-order chi connectivity index (χ1) is 5.75. The van der Waals surface area contributed by atoms with Gasteiger partial charge in [-0.2, -0.15) is 0 Å². The van der Waals surface area contributed by atoms with E-state index in [9.17, 15) is 0 Å². The number of likely N-dealkylation sites (tertiary alicyclic amines) is 1. The maximum absolute atomic E-state index is 5.51. The first-order valence-electron chi connectivity index (χ1n) is 5.21. The number of rotatable bonds is 3. The van der Waals surface area contributed by atoms with Gasteiger partial charge >= 0.3 is 0 Å². The Balaban J connectivity index is 2.34. The first-order valence-corrected chi connectivity index (χ1v) is 5.21. The number of nitrogens with zero attached hydrogens (tertiary/aromatic N) is 1. The van der Waals surface area contributed by atoms with Gasteiger partial charge in [0.05, 0.1) is 0 Å². The van der Waals surface area contributed by atoms with Gasteiger partial charge in [0.25, 0.3) is 0 Å². The highest BCUT2D eigenvalue weighted by molar-refractivity contribution is 4.79. The van der Waals surface area contributed by atoms with Crippen LogP contribution in [0.2, 0.25) is 0 Å². The minimum atomic E-state index is 0.778. The topological polar surface area (TPSA) is 29.3 Å². The number of hydrogen-bond acceptors (Lipinski definition) is 2. The van der Waals surface area contributed by atoms with Crippen LogP contribution in [0.4, 0.5) is 0 Å². The van der Waals surface area contributed by atoms with Crippen LogP contribution < -0.4 is 5.73 Å². The Labute approximate surface area is 76.1 Å². The van der Waals surface area contributed by atoms with Crippen molar-refractivity contribution in [2.45, 2.75) is 51.6 Å². The molecule has 0 saturated carbocycles. The quantitative estimate of drug-likeness (QED) is 0.697. The summed E-state index contributed by atoms with van der Waals surface area (Å²) >= 11 is 0. The molecule has 2 atom stereocenters. The molecule has 1 fully saturated rings. The predicted molar refractivity (Wildman–Crippen MR) is 53.2 cm³/mol. The zero-order chi connectivity index (χ0) is 8.97. The Kier molecular flexibility index (Phi) is 4.02. The van der Waals surface area contributed by atoms with E-state index in [4.69, 9.17) is 5.73 Å². The summed E-state index contributed by atoms with van der Waals surface area (Å²) in [4.78, 5) is 2.61. The molecule has 0 bridgehead atoms. The van der Waals surface area contributed by atoms with E-state index >= 15 is 0 Å². The monoisotopic (exact) mass is 170 g/mol. The summed E-state index contributed by atoms with van der Waals surface area (Å²) in [5, 5.41) is 0. The molecule has 0 amide bonds. The molecule has 1 rings (SSSR count). The third kappa shape index (κ3) is 2.46. The van der Waals surface area contributed by atoms with Crippen LogP contribution in [0, 0.1) is 0 Å². The van der Waals surface area contributed by atoms with Crippen molar-refractivity contribution in [2.24, 2.45) is 5.73 Å². The lowest BCUT2D eigenvalue weighted by Crippen LogP contribution is -2.44. The van der Waals surface area contributed by atoms with Crippen molar-refractivity contribution in [1.82, 2.24) is 4.90 Å². The second-order valence-corrected chi connectivity index (χ2v) is 4.01. The Bertz CT molecular complexity index is 115. The standard InChI is InChI=1S/C10H22N2/c1-9-5-3-6-10(2)12(9)8-4-7-11/h9-10H,3-8,11H2,1-2H3/t9-,10-/m0/s1. The van der Waals surface area contributed by atoms with E-state index in [0.717, 1.165) is 25.0 Å². The summed E-state index contributed by atoms with van der Waals surface area (Å²) in [5.41, 5.74) is 5.51. The lowest BCUT2D eigenvalue weighted by molar-refractivity contribution is 0.103. The van der Waals surface area contributed by atoms with Gasteiger partial charge in [-0.25, -0.2) is 0 Å². The molecule has 1 heterocycles. The van der Waals surface area contributed by atoms with Crippen LogP contribution in [0.3, 0.4) is 0 Å². The van der Waals surface area contributed by atoms with Gasteiger partial charge in [-0.05, 0) is 46.2 Å². The van der Waals surface area contributed by atoms with Crippen molar-refractivity contribution >= 4 is 0 Å². The highest BCUT2D eigenvalue weighted by Crippen LogP contribution is 2.22. The van der Waals surface area contributed by atoms with Crippen LogP contribution in [0.15, 0.2) is 0 Å². The molecule has 0 radical (unpaired) electrons. The van der Waals surface area contributed by atoms with Crippen LogP contribution in [-0.4, -0.2) is 30.1 Å². The normalized spacial score (nSPS) is 32.2. The molecule has 1 saturated heterocycles. The average Bonchev–Trinajstić information content (AvgIpc) is 2.04. The van der Waals surface area contributed by atoms with E-state index < -0.39 is 0 Å². The van der Waals surface area contributed by atoms with E-state index in [1.807, 2.05) is 0 Å². The van der Waals surface area contributed by atoms with Gasteiger partial charge in [0.2, 0.25) is 0 Å². The molecule has 12 heavy (non-hydrogen) atoms. The molecule has 2 N–H and O–H groups in total. The Hall–Kier alpha value is -0.0800. The molecule has 72 valence electrons. The van der Waals surface area contributed by atoms with Gasteiger partial charge in [0, 0.05) is 12.1 Å². The van der Waals surface area contributed by atoms with Crippen molar-refractivity contribution in [3.8, 4) is 0 Å². The Morgan fingerprint density at radius 2 is 1.83 bits per heavy atom. The third-order valence-electron chi connectivity index (χ3n) is 3.00. The molecule has 0 aromatic rings. The van der Waals surface area contributed by atoms with Crippen molar-refractivity contribution in [3.05, 3.63) is 0 Å². The molecule has 0 aromatic carbocycles. The molecule has 2 nitrogen and oxygen atoms in total. The largest absolute Gasteiger partial charge is 0.330 e. The van der Waals surface area contributed by atoms with Crippen molar-refractivity contribution < 1.29 is 0 Å². The maximum atomic E-state index is 5.51. The van der Waals surface area contributed by atoms with E-state index in [-0.39, 0.29) is 0 Å². The Morgan fingerprint density at radius 3 is 2.33 bits per heavy atom. The zero-order valence-electron chi connectivity index (χ0n) is 8.42. The highest BCUT2D eigenvalue weighted by Gasteiger charge is 2.23. The highest BCUT2D eigenvalue weighted by atomic mass is 15.2. The van der Waals surface area contributed by atoms with E-state index in [0.29, 0.717) is 0 Å². The van der Waals surface area contributed by atoms with Gasteiger partial charge in [0.15, 0.2) is 0 Å². The third-order valence-corrected chi connectivity index (χ3v) is 3.00. The van der Waals surface area contributed by atoms with Crippen LogP contribution in [0.25, 0.3) is 0 Å². The lowest BCUT2D eigenvalue weighted by Gasteiger charge is -2.38. The summed E-state index contributed by atoms with van der Waals surface area (Å²) in [5.74, 6) is 0. The molecular weight excluding hydrogens is 148 g/mol. The van der Waals surface area contributed by atoms with Crippen molar-refractivity contribution in [1.29, 1.82) is 0 Å². The van der Waals surface area contributed by atoms with Gasteiger partial charge in [-0.15, -0.1) is 0 Å². The zero-order valence-corrected chi connectivity index (χ0v) is 8.42. The fourth-order valence-electron chi connectivity index (χ4n) is 2.19. The van der Waals surface area contributed by atoms with Crippen LogP contribution in [-0.2, 0) is 0 Å². The molecular formula is C10H22N2. The van der Waals surface area contributed by atoms with Crippen molar-refractivity contribution in [2.75, 3.05) is 13.1 Å². The molecule has 2 heteroatoms. The average molecular weight is 170 g/mol. The summed E-state index contributed by atoms with van der Waals surface area (Å²) in [6.45, 7) is 6.70. The molecule has 0 aliphatic carbocycles. The minimum absolute atomic E-state index is 0.778. The maximum Gasteiger partial charge on any atom is 0.00697 e. The van der Waals surface area contributed by atoms with E-state index in [1.165, 1.54) is 25.8 Å². The van der Waals surface area contributed by atoms with Crippen molar-refractivity contribution in [3.63, 3.8) is 0 Å². The summed E-state index contributed by atoms with van der Waals surface area (Å²) in [6.07, 6.45) is 5.29. The second kappa shape index (κ2) is 4.83. The summed E-state index contributed by atoms with van der Waals surface area (Å²) < 4.78 is 0. The SMILES string of the molecule is C[C@H]1CCC[C@H](C)N1CCCN. The van der Waals surface area contributed by atoms with Crippen LogP contribution in [0.1, 0.15) is 39.5 Å². The van der Waals surface area contributed by atoms with E-state index in [1.54, 1.807) is 0 Å². The van der Waals surface area contributed by atoms with Gasteiger partial charge in [0.1, 0.15) is 0 Å². The van der Waals surface area contributed by atoms with Gasteiger partial charge in [-0.3, -0.25) is 4.90 Å². The number of nitrogens with two attached hydrogens (primary N) is 1. The Morgan fingerprint density at radius 1 is 1.25 bits per heavy atom. The number of piperidine rings is 1. The summed E-state index contributed by atoms with van der Waals surface area (Å²) in [6, 6.07) is 1.56. The van der Waals surface area contributed by atoms with Gasteiger partial charge < -0.3 is 5.73 Å². The molecule has 0 aromatic heterocycles. The predicted octanol–water partition coefficient (Wildman–Crippen LogP) is 1.60. The van der Waals surface area contributed by atoms with Crippen LogP contribution in [0.5, 0.6) is 0 Å². The fraction of sp³-hybridized carbons (Fsp3) is 1.00. The number of hydrogen-bond donors (Lipinski definition) is 1. The second-order valence-electron chi connectivity index (χ2n) is 4.01. The first kappa shape index (κ1) is 10.0. The fourth-order valence-corrected chi connectivity index (χ4v) is 2.19. The smallest absolute Gasteiger partial charge is 0.00697 e. The minimum Gasteiger partial charge on any atom is -0.330 e. The molecule has 0 spiro atoms.